The predicted molar refractivity (Wildman–Crippen MR) is 76.5 cm³/mol. The summed E-state index contributed by atoms with van der Waals surface area (Å²) in [6.45, 7) is -0.150. The van der Waals surface area contributed by atoms with Crippen molar-refractivity contribution in [3.05, 3.63) is 0 Å². The summed E-state index contributed by atoms with van der Waals surface area (Å²) in [7, 11) is 0. The van der Waals surface area contributed by atoms with E-state index < -0.39 is 11.6 Å². The number of urea groups is 1. The maximum Gasteiger partial charge on any atom is 0.325 e. The quantitative estimate of drug-likeness (QED) is 0.770. The van der Waals surface area contributed by atoms with Gasteiger partial charge in [0, 0.05) is 6.04 Å². The van der Waals surface area contributed by atoms with Gasteiger partial charge in [-0.1, -0.05) is 32.1 Å². The third kappa shape index (κ3) is 3.04. The third-order valence-corrected chi connectivity index (χ3v) is 4.70. The van der Waals surface area contributed by atoms with Gasteiger partial charge >= 0.3 is 6.03 Å². The molecular weight excluding hydrogens is 270 g/mol. The summed E-state index contributed by atoms with van der Waals surface area (Å²) in [5.41, 5.74) is -0.753. The number of imide groups is 1. The topological polar surface area (TPSA) is 78.5 Å². The van der Waals surface area contributed by atoms with E-state index in [-0.39, 0.29) is 24.4 Å². The van der Waals surface area contributed by atoms with Crippen LogP contribution < -0.4 is 10.6 Å². The fraction of sp³-hybridized carbons (Fsp3) is 0.800. The number of amides is 4. The average molecular weight is 293 g/mol. The summed E-state index contributed by atoms with van der Waals surface area (Å²) in [5.74, 6) is -0.441. The van der Waals surface area contributed by atoms with Gasteiger partial charge in [-0.2, -0.15) is 0 Å². The Morgan fingerprint density at radius 2 is 1.76 bits per heavy atom. The number of nitrogens with one attached hydrogen (secondary N) is 2. The van der Waals surface area contributed by atoms with E-state index in [9.17, 15) is 14.4 Å². The molecule has 21 heavy (non-hydrogen) atoms. The minimum Gasteiger partial charge on any atom is -0.352 e. The summed E-state index contributed by atoms with van der Waals surface area (Å²) in [6, 6.07) is -0.167. The lowest BCUT2D eigenvalue weighted by Crippen LogP contribution is -2.48. The Balaban J connectivity index is 1.66. The van der Waals surface area contributed by atoms with Crippen LogP contribution in [0.2, 0.25) is 0 Å². The zero-order chi connectivity index (χ0) is 14.9. The van der Waals surface area contributed by atoms with Crippen molar-refractivity contribution in [3.63, 3.8) is 0 Å². The number of nitrogens with zero attached hydrogens (tertiary/aromatic N) is 1. The van der Waals surface area contributed by atoms with Gasteiger partial charge in [0.1, 0.15) is 12.1 Å². The molecule has 1 saturated heterocycles. The molecule has 3 aliphatic rings. The molecule has 0 unspecified atom stereocenters. The predicted octanol–water partition coefficient (Wildman–Crippen LogP) is 1.30. The molecule has 2 aliphatic carbocycles. The Morgan fingerprint density at radius 1 is 1.14 bits per heavy atom. The van der Waals surface area contributed by atoms with Gasteiger partial charge < -0.3 is 10.6 Å². The minimum atomic E-state index is -0.753. The van der Waals surface area contributed by atoms with Gasteiger partial charge in [0.2, 0.25) is 5.91 Å². The number of hydrogen-bond donors (Lipinski definition) is 2. The van der Waals surface area contributed by atoms with Gasteiger partial charge in [0.15, 0.2) is 0 Å². The standard InChI is InChI=1S/C15H23N3O3/c19-12(16-11-6-7-11)10-18-13(20)15(17-14(18)21)8-4-2-1-3-5-9-15/h11H,1-10H2,(H,16,19)(H,17,21). The SMILES string of the molecule is O=C(CN1C(=O)NC2(CCCCCCC2)C1=O)NC1CC1. The molecule has 0 radical (unpaired) electrons. The van der Waals surface area contributed by atoms with Crippen molar-refractivity contribution in [2.24, 2.45) is 0 Å². The number of hydrogen-bond acceptors (Lipinski definition) is 3. The first kappa shape index (κ1) is 14.4. The van der Waals surface area contributed by atoms with Crippen LogP contribution in [0.3, 0.4) is 0 Å². The van der Waals surface area contributed by atoms with Crippen LogP contribution in [0.15, 0.2) is 0 Å². The summed E-state index contributed by atoms with van der Waals surface area (Å²) >= 11 is 0. The number of carbonyl (C=O) groups excluding carboxylic acids is 3. The molecule has 0 aromatic rings. The third-order valence-electron chi connectivity index (χ3n) is 4.70. The normalized spacial score (nSPS) is 25.4. The van der Waals surface area contributed by atoms with Gasteiger partial charge in [-0.3, -0.25) is 14.5 Å². The first-order chi connectivity index (χ1) is 10.1. The fourth-order valence-corrected chi connectivity index (χ4v) is 3.31. The molecule has 2 N–H and O–H groups in total. The molecule has 6 nitrogen and oxygen atoms in total. The molecule has 0 bridgehead atoms. The Kier molecular flexibility index (Phi) is 3.87. The second-order valence-electron chi connectivity index (χ2n) is 6.51. The summed E-state index contributed by atoms with van der Waals surface area (Å²) in [6.07, 6.45) is 8.69. The van der Waals surface area contributed by atoms with Crippen molar-refractivity contribution in [2.75, 3.05) is 6.54 Å². The molecule has 3 rings (SSSR count). The van der Waals surface area contributed by atoms with Crippen LogP contribution in [0.25, 0.3) is 0 Å². The lowest BCUT2D eigenvalue weighted by atomic mass is 9.84. The molecule has 6 heteroatoms. The van der Waals surface area contributed by atoms with Crippen LogP contribution in [0.1, 0.15) is 57.8 Å². The lowest BCUT2D eigenvalue weighted by molar-refractivity contribution is -0.135. The highest BCUT2D eigenvalue weighted by Gasteiger charge is 2.50. The lowest BCUT2D eigenvalue weighted by Gasteiger charge is -2.28. The fourth-order valence-electron chi connectivity index (χ4n) is 3.31. The highest BCUT2D eigenvalue weighted by atomic mass is 16.2. The Morgan fingerprint density at radius 3 is 2.38 bits per heavy atom. The average Bonchev–Trinajstić information content (AvgIpc) is 3.18. The van der Waals surface area contributed by atoms with Crippen LogP contribution in [0.4, 0.5) is 4.79 Å². The molecule has 4 amide bonds. The second-order valence-corrected chi connectivity index (χ2v) is 6.51. The smallest absolute Gasteiger partial charge is 0.325 e. The zero-order valence-corrected chi connectivity index (χ0v) is 12.3. The number of rotatable bonds is 3. The van der Waals surface area contributed by atoms with E-state index in [1.165, 1.54) is 6.42 Å². The van der Waals surface area contributed by atoms with E-state index >= 15 is 0 Å². The highest BCUT2D eigenvalue weighted by Crippen LogP contribution is 2.32. The Bertz CT molecular complexity index is 451. The van der Waals surface area contributed by atoms with Crippen molar-refractivity contribution < 1.29 is 14.4 Å². The van der Waals surface area contributed by atoms with E-state index in [4.69, 9.17) is 0 Å². The van der Waals surface area contributed by atoms with Crippen LogP contribution in [-0.4, -0.2) is 40.9 Å². The molecule has 1 aliphatic heterocycles. The van der Waals surface area contributed by atoms with Crippen molar-refractivity contribution in [2.45, 2.75) is 69.4 Å². The molecule has 2 saturated carbocycles. The largest absolute Gasteiger partial charge is 0.352 e. The first-order valence-corrected chi connectivity index (χ1v) is 8.04. The summed E-state index contributed by atoms with van der Waals surface area (Å²) < 4.78 is 0. The van der Waals surface area contributed by atoms with E-state index in [0.717, 1.165) is 43.4 Å². The molecule has 3 fully saturated rings. The van der Waals surface area contributed by atoms with Crippen LogP contribution in [0.5, 0.6) is 0 Å². The molecular formula is C15H23N3O3. The van der Waals surface area contributed by atoms with Crippen LogP contribution >= 0.6 is 0 Å². The summed E-state index contributed by atoms with van der Waals surface area (Å²) in [4.78, 5) is 37.7. The maximum absolute atomic E-state index is 12.7. The van der Waals surface area contributed by atoms with Gasteiger partial charge in [-0.05, 0) is 25.7 Å². The van der Waals surface area contributed by atoms with Gasteiger partial charge in [-0.15, -0.1) is 0 Å². The summed E-state index contributed by atoms with van der Waals surface area (Å²) in [5, 5.41) is 5.69. The molecule has 1 heterocycles. The minimum absolute atomic E-state index is 0.150. The zero-order valence-electron chi connectivity index (χ0n) is 12.3. The van der Waals surface area contributed by atoms with Crippen molar-refractivity contribution >= 4 is 17.8 Å². The molecule has 116 valence electrons. The van der Waals surface area contributed by atoms with Crippen molar-refractivity contribution in [1.29, 1.82) is 0 Å². The van der Waals surface area contributed by atoms with E-state index in [2.05, 4.69) is 10.6 Å². The van der Waals surface area contributed by atoms with E-state index in [1.54, 1.807) is 0 Å². The van der Waals surface area contributed by atoms with Gasteiger partial charge in [-0.25, -0.2) is 4.79 Å². The molecule has 0 aromatic heterocycles. The van der Waals surface area contributed by atoms with Gasteiger partial charge in [0.25, 0.3) is 5.91 Å². The Hall–Kier alpha value is -1.59. The molecule has 1 spiro atoms. The molecule has 0 aromatic carbocycles. The Labute approximate surface area is 124 Å². The van der Waals surface area contributed by atoms with Crippen LogP contribution in [-0.2, 0) is 9.59 Å². The maximum atomic E-state index is 12.7. The van der Waals surface area contributed by atoms with E-state index in [0.29, 0.717) is 12.8 Å². The van der Waals surface area contributed by atoms with Crippen LogP contribution in [0, 0.1) is 0 Å². The molecule has 0 atom stereocenters. The van der Waals surface area contributed by atoms with Gasteiger partial charge in [0.05, 0.1) is 0 Å². The highest BCUT2D eigenvalue weighted by molar-refractivity contribution is 6.09. The number of carbonyl (C=O) groups is 3. The van der Waals surface area contributed by atoms with Crippen molar-refractivity contribution in [3.8, 4) is 0 Å². The van der Waals surface area contributed by atoms with E-state index in [1.807, 2.05) is 0 Å². The van der Waals surface area contributed by atoms with Crippen molar-refractivity contribution in [1.82, 2.24) is 15.5 Å². The second kappa shape index (κ2) is 5.66. The monoisotopic (exact) mass is 293 g/mol. The first-order valence-electron chi connectivity index (χ1n) is 8.04.